The standard InChI is InChI=1S/C16H15F3N2O2/c1-11-3-2-10-20-15(11)21-14(22)9-6-12-4-7-13(8-5-12)23-16(17,18)19/h2-5,7-8,10H,6,9H2,1H3,(H,20,21,22). The molecule has 0 radical (unpaired) electrons. The summed E-state index contributed by atoms with van der Waals surface area (Å²) in [5.41, 5.74) is 1.60. The van der Waals surface area contributed by atoms with E-state index in [2.05, 4.69) is 15.0 Å². The number of pyridine rings is 1. The van der Waals surface area contributed by atoms with Gasteiger partial charge in [0.2, 0.25) is 5.91 Å². The van der Waals surface area contributed by atoms with Gasteiger partial charge in [0.15, 0.2) is 0 Å². The van der Waals surface area contributed by atoms with Gasteiger partial charge in [-0.25, -0.2) is 4.98 Å². The van der Waals surface area contributed by atoms with Crippen LogP contribution in [0.15, 0.2) is 42.6 Å². The van der Waals surface area contributed by atoms with E-state index in [1.807, 2.05) is 13.0 Å². The third-order valence-electron chi connectivity index (χ3n) is 3.06. The number of aromatic nitrogens is 1. The van der Waals surface area contributed by atoms with Gasteiger partial charge in [0.1, 0.15) is 11.6 Å². The molecule has 1 N–H and O–H groups in total. The van der Waals surface area contributed by atoms with Crippen LogP contribution in [0.1, 0.15) is 17.5 Å². The van der Waals surface area contributed by atoms with Crippen LogP contribution in [0, 0.1) is 6.92 Å². The van der Waals surface area contributed by atoms with E-state index in [0.29, 0.717) is 12.2 Å². The summed E-state index contributed by atoms with van der Waals surface area (Å²) in [7, 11) is 0. The summed E-state index contributed by atoms with van der Waals surface area (Å²) < 4.78 is 39.9. The van der Waals surface area contributed by atoms with Crippen LogP contribution in [0.4, 0.5) is 19.0 Å². The van der Waals surface area contributed by atoms with Crippen LogP contribution in [-0.2, 0) is 11.2 Å². The first-order valence-corrected chi connectivity index (χ1v) is 6.89. The van der Waals surface area contributed by atoms with Crippen LogP contribution in [0.5, 0.6) is 5.75 Å². The van der Waals surface area contributed by atoms with Gasteiger partial charge in [0.25, 0.3) is 0 Å². The number of anilines is 1. The Morgan fingerprint density at radius 2 is 1.91 bits per heavy atom. The Morgan fingerprint density at radius 3 is 2.52 bits per heavy atom. The highest BCUT2D eigenvalue weighted by Gasteiger charge is 2.30. The molecule has 7 heteroatoms. The molecule has 0 atom stereocenters. The molecule has 0 saturated heterocycles. The fourth-order valence-electron chi connectivity index (χ4n) is 1.93. The molecule has 0 spiro atoms. The van der Waals surface area contributed by atoms with E-state index >= 15 is 0 Å². The second-order valence-electron chi connectivity index (χ2n) is 4.91. The van der Waals surface area contributed by atoms with Crippen molar-refractivity contribution < 1.29 is 22.7 Å². The molecule has 1 heterocycles. The second-order valence-corrected chi connectivity index (χ2v) is 4.91. The van der Waals surface area contributed by atoms with Gasteiger partial charge in [-0.1, -0.05) is 18.2 Å². The van der Waals surface area contributed by atoms with Gasteiger partial charge in [-0.3, -0.25) is 4.79 Å². The number of ether oxygens (including phenoxy) is 1. The molecular weight excluding hydrogens is 309 g/mol. The average molecular weight is 324 g/mol. The zero-order valence-electron chi connectivity index (χ0n) is 12.4. The minimum atomic E-state index is -4.71. The van der Waals surface area contributed by atoms with E-state index in [9.17, 15) is 18.0 Å². The number of carbonyl (C=O) groups is 1. The van der Waals surface area contributed by atoms with Gasteiger partial charge in [0, 0.05) is 12.6 Å². The number of amides is 1. The summed E-state index contributed by atoms with van der Waals surface area (Å²) in [6, 6.07) is 9.06. The van der Waals surface area contributed by atoms with Crippen molar-refractivity contribution in [2.75, 3.05) is 5.32 Å². The van der Waals surface area contributed by atoms with Gasteiger partial charge in [-0.05, 0) is 42.7 Å². The molecule has 23 heavy (non-hydrogen) atoms. The Balaban J connectivity index is 1.86. The number of benzene rings is 1. The molecule has 1 aromatic heterocycles. The van der Waals surface area contributed by atoms with Crippen molar-refractivity contribution in [2.45, 2.75) is 26.1 Å². The van der Waals surface area contributed by atoms with E-state index in [4.69, 9.17) is 0 Å². The minimum absolute atomic E-state index is 0.204. The fourth-order valence-corrected chi connectivity index (χ4v) is 1.93. The van der Waals surface area contributed by atoms with Crippen LogP contribution in [-0.4, -0.2) is 17.3 Å². The highest BCUT2D eigenvalue weighted by Crippen LogP contribution is 2.23. The first-order chi connectivity index (χ1) is 10.8. The predicted molar refractivity (Wildman–Crippen MR) is 79.0 cm³/mol. The molecule has 1 amide bonds. The van der Waals surface area contributed by atoms with E-state index < -0.39 is 6.36 Å². The van der Waals surface area contributed by atoms with Crippen molar-refractivity contribution in [1.29, 1.82) is 0 Å². The lowest BCUT2D eigenvalue weighted by Crippen LogP contribution is -2.17. The molecule has 0 aliphatic heterocycles. The van der Waals surface area contributed by atoms with Gasteiger partial charge < -0.3 is 10.1 Å². The average Bonchev–Trinajstić information content (AvgIpc) is 2.47. The molecule has 0 bridgehead atoms. The van der Waals surface area contributed by atoms with Crippen LogP contribution in [0.3, 0.4) is 0 Å². The smallest absolute Gasteiger partial charge is 0.406 e. The van der Waals surface area contributed by atoms with Crippen molar-refractivity contribution >= 4 is 11.7 Å². The first kappa shape index (κ1) is 16.8. The van der Waals surface area contributed by atoms with Crippen molar-refractivity contribution in [1.82, 2.24) is 4.98 Å². The lowest BCUT2D eigenvalue weighted by molar-refractivity contribution is -0.274. The summed E-state index contributed by atoms with van der Waals surface area (Å²) >= 11 is 0. The Hall–Kier alpha value is -2.57. The number of rotatable bonds is 5. The maximum absolute atomic E-state index is 12.1. The highest BCUT2D eigenvalue weighted by molar-refractivity contribution is 5.90. The Morgan fingerprint density at radius 1 is 1.22 bits per heavy atom. The summed E-state index contributed by atoms with van der Waals surface area (Å²) in [5, 5.41) is 2.70. The number of aryl methyl sites for hydroxylation is 2. The number of hydrogen-bond acceptors (Lipinski definition) is 3. The number of carbonyl (C=O) groups excluding carboxylic acids is 1. The van der Waals surface area contributed by atoms with Crippen LogP contribution in [0.2, 0.25) is 0 Å². The summed E-state index contributed by atoms with van der Waals surface area (Å²) in [6.45, 7) is 1.84. The molecule has 0 fully saturated rings. The van der Waals surface area contributed by atoms with E-state index in [-0.39, 0.29) is 18.1 Å². The predicted octanol–water partition coefficient (Wildman–Crippen LogP) is 3.86. The Bertz CT molecular complexity index is 670. The molecule has 2 rings (SSSR count). The van der Waals surface area contributed by atoms with E-state index in [1.54, 1.807) is 12.3 Å². The zero-order chi connectivity index (χ0) is 16.9. The number of alkyl halides is 3. The molecular formula is C16H15F3N2O2. The fraction of sp³-hybridized carbons (Fsp3) is 0.250. The first-order valence-electron chi connectivity index (χ1n) is 6.89. The van der Waals surface area contributed by atoms with Gasteiger partial charge in [0.05, 0.1) is 0 Å². The van der Waals surface area contributed by atoms with Crippen LogP contribution >= 0.6 is 0 Å². The van der Waals surface area contributed by atoms with Crippen molar-refractivity contribution in [3.63, 3.8) is 0 Å². The Labute approximate surface area is 131 Å². The topological polar surface area (TPSA) is 51.2 Å². The summed E-state index contributed by atoms with van der Waals surface area (Å²) in [5.74, 6) is 0.0173. The van der Waals surface area contributed by atoms with Gasteiger partial charge >= 0.3 is 6.36 Å². The quantitative estimate of drug-likeness (QED) is 0.908. The SMILES string of the molecule is Cc1cccnc1NC(=O)CCc1ccc(OC(F)(F)F)cc1. The van der Waals surface area contributed by atoms with Gasteiger partial charge in [-0.15, -0.1) is 13.2 Å². The monoisotopic (exact) mass is 324 g/mol. The molecule has 1 aromatic carbocycles. The Kier molecular flexibility index (Phi) is 5.20. The van der Waals surface area contributed by atoms with E-state index in [1.165, 1.54) is 24.3 Å². The third-order valence-corrected chi connectivity index (χ3v) is 3.06. The highest BCUT2D eigenvalue weighted by atomic mass is 19.4. The van der Waals surface area contributed by atoms with E-state index in [0.717, 1.165) is 11.1 Å². The molecule has 2 aromatic rings. The largest absolute Gasteiger partial charge is 0.573 e. The number of halogens is 3. The number of nitrogens with one attached hydrogen (secondary N) is 1. The maximum Gasteiger partial charge on any atom is 0.573 e. The molecule has 0 aliphatic rings. The number of nitrogens with zero attached hydrogens (tertiary/aromatic N) is 1. The molecule has 4 nitrogen and oxygen atoms in total. The van der Waals surface area contributed by atoms with Crippen molar-refractivity contribution in [3.05, 3.63) is 53.7 Å². The van der Waals surface area contributed by atoms with Crippen molar-refractivity contribution in [3.8, 4) is 5.75 Å². The summed E-state index contributed by atoms with van der Waals surface area (Å²) in [6.07, 6.45) is -2.51. The third kappa shape index (κ3) is 5.61. The molecule has 122 valence electrons. The summed E-state index contributed by atoms with van der Waals surface area (Å²) in [4.78, 5) is 15.9. The normalized spacial score (nSPS) is 11.1. The zero-order valence-corrected chi connectivity index (χ0v) is 12.4. The molecule has 0 unspecified atom stereocenters. The lowest BCUT2D eigenvalue weighted by Gasteiger charge is -2.09. The molecule has 0 aliphatic carbocycles. The minimum Gasteiger partial charge on any atom is -0.406 e. The second kappa shape index (κ2) is 7.13. The maximum atomic E-state index is 12.1. The van der Waals surface area contributed by atoms with Crippen LogP contribution in [0.25, 0.3) is 0 Å². The van der Waals surface area contributed by atoms with Crippen molar-refractivity contribution in [2.24, 2.45) is 0 Å². The lowest BCUT2D eigenvalue weighted by atomic mass is 10.1. The number of hydrogen-bond donors (Lipinski definition) is 1. The van der Waals surface area contributed by atoms with Gasteiger partial charge in [-0.2, -0.15) is 0 Å². The molecule has 0 saturated carbocycles. The van der Waals surface area contributed by atoms with Crippen LogP contribution < -0.4 is 10.1 Å².